The number of hydrogen-bond acceptors (Lipinski definition) is 5. The van der Waals surface area contributed by atoms with Crippen LogP contribution in [0.1, 0.15) is 5.56 Å². The number of halogens is 1. The maximum Gasteiger partial charge on any atom is 0.262 e. The molecule has 0 aliphatic carbocycles. The van der Waals surface area contributed by atoms with Crippen LogP contribution in [0.25, 0.3) is 0 Å². The minimum absolute atomic E-state index is 0.0964. The third-order valence-electron chi connectivity index (χ3n) is 3.88. The highest BCUT2D eigenvalue weighted by atomic mass is 35.5. The molecule has 3 rings (SSSR count). The van der Waals surface area contributed by atoms with Gasteiger partial charge in [0.05, 0.1) is 15.5 Å². The summed E-state index contributed by atoms with van der Waals surface area (Å²) in [5.41, 5.74) is 1.14. The number of anilines is 1. The second-order valence-electron chi connectivity index (χ2n) is 6.18. The van der Waals surface area contributed by atoms with Crippen molar-refractivity contribution < 1.29 is 21.6 Å². The van der Waals surface area contributed by atoms with E-state index in [-0.39, 0.29) is 26.3 Å². The van der Waals surface area contributed by atoms with Gasteiger partial charge in [0.25, 0.3) is 10.0 Å². The Kier molecular flexibility index (Phi) is 5.85. The van der Waals surface area contributed by atoms with E-state index in [0.29, 0.717) is 5.75 Å². The monoisotopic (exact) mass is 452 g/mol. The Morgan fingerprint density at radius 3 is 2.21 bits per heavy atom. The Balaban J connectivity index is 1.97. The van der Waals surface area contributed by atoms with Crippen LogP contribution < -0.4 is 14.6 Å². The van der Waals surface area contributed by atoms with Gasteiger partial charge in [0.2, 0.25) is 10.0 Å². The molecule has 0 bridgehead atoms. The van der Waals surface area contributed by atoms with Gasteiger partial charge >= 0.3 is 0 Å². The van der Waals surface area contributed by atoms with Crippen LogP contribution in [0.3, 0.4) is 0 Å². The van der Waals surface area contributed by atoms with Crippen molar-refractivity contribution in [2.45, 2.75) is 16.7 Å². The maximum atomic E-state index is 12.8. The molecule has 0 radical (unpaired) electrons. The Labute approximate surface area is 174 Å². The lowest BCUT2D eigenvalue weighted by molar-refractivity contribution is 0.484. The lowest BCUT2D eigenvalue weighted by Crippen LogP contribution is -2.16. The fraction of sp³-hybridized carbons (Fsp3) is 0.0526. The van der Waals surface area contributed by atoms with Gasteiger partial charge in [-0.1, -0.05) is 35.4 Å². The first-order valence-electron chi connectivity index (χ1n) is 8.24. The molecule has 0 atom stereocenters. The Morgan fingerprint density at radius 1 is 0.897 bits per heavy atom. The summed E-state index contributed by atoms with van der Waals surface area (Å²) in [5.74, 6) is 0.735. The Bertz CT molecular complexity index is 1260. The fourth-order valence-corrected chi connectivity index (χ4v) is 4.34. The molecule has 0 heterocycles. The lowest BCUT2D eigenvalue weighted by atomic mass is 10.2. The second-order valence-corrected chi connectivity index (χ2v) is 9.86. The van der Waals surface area contributed by atoms with E-state index in [0.717, 1.165) is 11.6 Å². The summed E-state index contributed by atoms with van der Waals surface area (Å²) in [5, 5.41) is 5.37. The lowest BCUT2D eigenvalue weighted by Gasteiger charge is -2.14. The predicted octanol–water partition coefficient (Wildman–Crippen LogP) is 3.89. The molecule has 152 valence electrons. The number of hydrogen-bond donors (Lipinski definition) is 2. The molecule has 0 saturated carbocycles. The summed E-state index contributed by atoms with van der Waals surface area (Å²) in [7, 11) is -8.20. The average Bonchev–Trinajstić information content (AvgIpc) is 2.65. The van der Waals surface area contributed by atoms with Crippen molar-refractivity contribution in [3.8, 4) is 11.5 Å². The van der Waals surface area contributed by atoms with E-state index in [1.807, 2.05) is 19.1 Å². The molecule has 0 aromatic heterocycles. The van der Waals surface area contributed by atoms with Crippen molar-refractivity contribution in [3.05, 3.63) is 77.3 Å². The minimum Gasteiger partial charge on any atom is -0.455 e. The van der Waals surface area contributed by atoms with Crippen molar-refractivity contribution in [3.63, 3.8) is 0 Å². The van der Waals surface area contributed by atoms with Gasteiger partial charge < -0.3 is 4.74 Å². The van der Waals surface area contributed by atoms with Gasteiger partial charge in [0.1, 0.15) is 5.75 Å². The second kappa shape index (κ2) is 8.03. The van der Waals surface area contributed by atoms with E-state index in [1.165, 1.54) is 30.3 Å². The number of benzene rings is 3. The van der Waals surface area contributed by atoms with E-state index >= 15 is 0 Å². The first-order valence-corrected chi connectivity index (χ1v) is 11.7. The van der Waals surface area contributed by atoms with Crippen LogP contribution in [0.2, 0.25) is 5.02 Å². The zero-order valence-corrected chi connectivity index (χ0v) is 17.6. The molecule has 0 fully saturated rings. The van der Waals surface area contributed by atoms with E-state index in [2.05, 4.69) is 4.72 Å². The van der Waals surface area contributed by atoms with Crippen LogP contribution in [-0.2, 0) is 20.0 Å². The molecule has 0 saturated heterocycles. The normalized spacial score (nSPS) is 11.8. The smallest absolute Gasteiger partial charge is 0.262 e. The summed E-state index contributed by atoms with van der Waals surface area (Å²) in [6.45, 7) is 1.93. The van der Waals surface area contributed by atoms with Gasteiger partial charge in [-0.2, -0.15) is 0 Å². The number of primary sulfonamides is 1. The van der Waals surface area contributed by atoms with Crippen LogP contribution in [0, 0.1) is 6.92 Å². The van der Waals surface area contributed by atoms with Gasteiger partial charge in [-0.15, -0.1) is 0 Å². The summed E-state index contributed by atoms with van der Waals surface area (Å²) in [6.07, 6.45) is 0. The Hall–Kier alpha value is -2.59. The highest BCUT2D eigenvalue weighted by Crippen LogP contribution is 2.33. The molecule has 3 aromatic rings. The van der Waals surface area contributed by atoms with Crippen molar-refractivity contribution >= 4 is 37.3 Å². The van der Waals surface area contributed by atoms with Crippen molar-refractivity contribution in [2.24, 2.45) is 5.14 Å². The zero-order valence-electron chi connectivity index (χ0n) is 15.2. The average molecular weight is 453 g/mol. The van der Waals surface area contributed by atoms with Gasteiger partial charge in [-0.25, -0.2) is 22.0 Å². The molecule has 7 nitrogen and oxygen atoms in total. The molecule has 10 heteroatoms. The number of nitrogens with one attached hydrogen (secondary N) is 1. The van der Waals surface area contributed by atoms with Crippen LogP contribution >= 0.6 is 11.6 Å². The van der Waals surface area contributed by atoms with Gasteiger partial charge in [0.15, 0.2) is 5.75 Å². The minimum atomic E-state index is -4.14. The number of rotatable bonds is 6. The highest BCUT2D eigenvalue weighted by molar-refractivity contribution is 7.93. The number of ether oxygens (including phenoxy) is 1. The molecular formula is C19H17ClN2O5S2. The molecule has 0 aliphatic rings. The molecule has 0 unspecified atom stereocenters. The van der Waals surface area contributed by atoms with Crippen molar-refractivity contribution in [2.75, 3.05) is 4.72 Å². The van der Waals surface area contributed by atoms with E-state index in [1.54, 1.807) is 18.2 Å². The molecule has 29 heavy (non-hydrogen) atoms. The molecule has 3 N–H and O–H groups in total. The standard InChI is InChI=1S/C19H17ClN2O5S2/c1-13-5-8-15(9-6-13)27-19-10-7-14(20)11-18(19)22-29(25,26)17-4-2-3-16(12-17)28(21,23)24/h2-12,22H,1H3,(H2,21,23,24). The maximum absolute atomic E-state index is 12.8. The van der Waals surface area contributed by atoms with Gasteiger partial charge in [0, 0.05) is 5.02 Å². The van der Waals surface area contributed by atoms with Gasteiger partial charge in [-0.05, 0) is 55.5 Å². The van der Waals surface area contributed by atoms with Crippen molar-refractivity contribution in [1.29, 1.82) is 0 Å². The third kappa shape index (κ3) is 5.27. The van der Waals surface area contributed by atoms with Crippen LogP contribution in [0.4, 0.5) is 5.69 Å². The quantitative estimate of drug-likeness (QED) is 0.588. The fourth-order valence-electron chi connectivity index (χ4n) is 2.43. The van der Waals surface area contributed by atoms with Crippen LogP contribution in [-0.4, -0.2) is 16.8 Å². The van der Waals surface area contributed by atoms with Crippen LogP contribution in [0.15, 0.2) is 76.5 Å². The molecular weight excluding hydrogens is 436 g/mol. The summed E-state index contributed by atoms with van der Waals surface area (Å²) in [4.78, 5) is -0.590. The number of sulfonamides is 2. The highest BCUT2D eigenvalue weighted by Gasteiger charge is 2.20. The summed E-state index contributed by atoms with van der Waals surface area (Å²) >= 11 is 6.01. The molecule has 3 aromatic carbocycles. The van der Waals surface area contributed by atoms with E-state index in [4.69, 9.17) is 21.5 Å². The SMILES string of the molecule is Cc1ccc(Oc2ccc(Cl)cc2NS(=O)(=O)c2cccc(S(N)(=O)=O)c2)cc1. The van der Waals surface area contributed by atoms with Crippen molar-refractivity contribution in [1.82, 2.24) is 0 Å². The van der Waals surface area contributed by atoms with Crippen LogP contribution in [0.5, 0.6) is 11.5 Å². The summed E-state index contributed by atoms with van der Waals surface area (Å²) in [6, 6.07) is 16.4. The Morgan fingerprint density at radius 2 is 1.55 bits per heavy atom. The molecule has 0 spiro atoms. The van der Waals surface area contributed by atoms with Gasteiger partial charge in [-0.3, -0.25) is 4.72 Å². The summed E-state index contributed by atoms with van der Waals surface area (Å²) < 4.78 is 56.8. The zero-order chi connectivity index (χ0) is 21.2. The third-order valence-corrected chi connectivity index (χ3v) is 6.39. The first-order chi connectivity index (χ1) is 13.5. The van der Waals surface area contributed by atoms with E-state index in [9.17, 15) is 16.8 Å². The molecule has 0 aliphatic heterocycles. The predicted molar refractivity (Wildman–Crippen MR) is 111 cm³/mol. The van der Waals surface area contributed by atoms with E-state index < -0.39 is 20.0 Å². The molecule has 0 amide bonds. The largest absolute Gasteiger partial charge is 0.455 e. The topological polar surface area (TPSA) is 116 Å². The number of nitrogens with two attached hydrogens (primary N) is 1. The number of aryl methyl sites for hydroxylation is 1. The first kappa shape index (κ1) is 21.1.